The fraction of sp³-hybridized carbons (Fsp3) is 0.714. The maximum atomic E-state index is 10.7. The van der Waals surface area contributed by atoms with E-state index in [2.05, 4.69) is 4.74 Å². The predicted molar refractivity (Wildman–Crippen MR) is 39.7 cm³/mol. The van der Waals surface area contributed by atoms with Gasteiger partial charge in [-0.2, -0.15) is 0 Å². The van der Waals surface area contributed by atoms with Crippen LogP contribution in [0.4, 0.5) is 0 Å². The van der Waals surface area contributed by atoms with Crippen LogP contribution in [0.5, 0.6) is 0 Å². The number of carbonyl (C=O) groups is 2. The number of ether oxygens (including phenoxy) is 1. The van der Waals surface area contributed by atoms with E-state index < -0.39 is 12.0 Å². The van der Waals surface area contributed by atoms with Crippen molar-refractivity contribution in [3.63, 3.8) is 0 Å². The molecule has 0 amide bonds. The van der Waals surface area contributed by atoms with Crippen molar-refractivity contribution in [1.82, 2.24) is 0 Å². The summed E-state index contributed by atoms with van der Waals surface area (Å²) in [7, 11) is 0. The summed E-state index contributed by atoms with van der Waals surface area (Å²) in [4.78, 5) is 20.4. The topological polar surface area (TPSA) is 69.4 Å². The van der Waals surface area contributed by atoms with Crippen molar-refractivity contribution in [2.45, 2.75) is 32.2 Å². The van der Waals surface area contributed by atoms with Crippen LogP contribution in [0.25, 0.3) is 0 Å². The second-order valence-corrected chi connectivity index (χ2v) is 2.28. The highest BCUT2D eigenvalue weighted by molar-refractivity contribution is 5.81. The van der Waals surface area contributed by atoms with Gasteiger partial charge in [0.15, 0.2) is 0 Å². The molecule has 0 aromatic heterocycles. The van der Waals surface area contributed by atoms with Gasteiger partial charge in [-0.15, -0.1) is 0 Å². The van der Waals surface area contributed by atoms with Crippen molar-refractivity contribution in [3.05, 3.63) is 0 Å². The van der Waals surface area contributed by atoms with Crippen LogP contribution in [-0.4, -0.2) is 18.5 Å². The first-order valence-corrected chi connectivity index (χ1v) is 3.62. The van der Waals surface area contributed by atoms with Crippen molar-refractivity contribution in [2.24, 2.45) is 5.73 Å². The summed E-state index contributed by atoms with van der Waals surface area (Å²) in [5.74, 6) is -0.645. The van der Waals surface area contributed by atoms with Crippen LogP contribution in [0.1, 0.15) is 26.2 Å². The second-order valence-electron chi connectivity index (χ2n) is 2.28. The number of nitrogens with two attached hydrogens (primary N) is 1. The third-order valence-corrected chi connectivity index (χ3v) is 1.34. The minimum atomic E-state index is -0.653. The quantitative estimate of drug-likeness (QED) is 0.353. The van der Waals surface area contributed by atoms with Crippen molar-refractivity contribution < 1.29 is 14.3 Å². The number of hydrogen-bond acceptors (Lipinski definition) is 4. The maximum absolute atomic E-state index is 10.7. The summed E-state index contributed by atoms with van der Waals surface area (Å²) >= 11 is 0. The van der Waals surface area contributed by atoms with E-state index in [1.54, 1.807) is 0 Å². The lowest BCUT2D eigenvalue weighted by molar-refractivity contribution is -0.152. The van der Waals surface area contributed by atoms with E-state index in [-0.39, 0.29) is 6.47 Å². The summed E-state index contributed by atoms with van der Waals surface area (Å²) in [6.07, 6.45) is 2.42. The number of unbranched alkanes of at least 4 members (excludes halogenated alkanes) is 1. The molecule has 0 saturated heterocycles. The largest absolute Gasteiger partial charge is 0.394 e. The van der Waals surface area contributed by atoms with E-state index in [9.17, 15) is 9.59 Å². The van der Waals surface area contributed by atoms with Crippen LogP contribution in [-0.2, 0) is 14.3 Å². The van der Waals surface area contributed by atoms with Gasteiger partial charge < -0.3 is 10.5 Å². The molecule has 0 aromatic carbocycles. The van der Waals surface area contributed by atoms with Crippen LogP contribution >= 0.6 is 0 Å². The highest BCUT2D eigenvalue weighted by Gasteiger charge is 2.13. The molecular formula is C7H13NO3. The van der Waals surface area contributed by atoms with Gasteiger partial charge in [-0.25, -0.2) is 4.79 Å². The van der Waals surface area contributed by atoms with E-state index in [1.165, 1.54) is 0 Å². The van der Waals surface area contributed by atoms with Crippen LogP contribution in [0.15, 0.2) is 0 Å². The van der Waals surface area contributed by atoms with E-state index in [1.807, 2.05) is 6.92 Å². The highest BCUT2D eigenvalue weighted by atomic mass is 16.6. The van der Waals surface area contributed by atoms with Gasteiger partial charge in [0.05, 0.1) is 0 Å². The molecule has 0 bridgehead atoms. The first-order chi connectivity index (χ1) is 5.22. The minimum Gasteiger partial charge on any atom is -0.394 e. The van der Waals surface area contributed by atoms with Crippen LogP contribution in [0, 0.1) is 0 Å². The molecule has 0 rings (SSSR count). The molecule has 0 aliphatic rings. The molecule has 0 unspecified atom stereocenters. The normalized spacial score (nSPS) is 12.2. The van der Waals surface area contributed by atoms with Gasteiger partial charge >= 0.3 is 12.4 Å². The standard InChI is InChI=1S/C7H13NO3/c1-2-3-4-6(8)7(10)11-5-9/h5-6H,2-4,8H2,1H3/t6-/m0/s1. The Hall–Kier alpha value is -0.900. The Bertz CT molecular complexity index is 136. The average molecular weight is 159 g/mol. The lowest BCUT2D eigenvalue weighted by atomic mass is 10.1. The maximum Gasteiger partial charge on any atom is 0.330 e. The van der Waals surface area contributed by atoms with Gasteiger partial charge in [0.25, 0.3) is 0 Å². The lowest BCUT2D eigenvalue weighted by Crippen LogP contribution is -2.31. The Balaban J connectivity index is 3.54. The lowest BCUT2D eigenvalue weighted by Gasteiger charge is -2.05. The number of esters is 1. The van der Waals surface area contributed by atoms with Gasteiger partial charge in [0.2, 0.25) is 0 Å². The zero-order valence-electron chi connectivity index (χ0n) is 6.58. The summed E-state index contributed by atoms with van der Waals surface area (Å²) in [6, 6.07) is -0.653. The van der Waals surface area contributed by atoms with Crippen molar-refractivity contribution >= 4 is 12.4 Å². The van der Waals surface area contributed by atoms with Gasteiger partial charge in [-0.05, 0) is 6.42 Å². The smallest absolute Gasteiger partial charge is 0.330 e. The van der Waals surface area contributed by atoms with Crippen molar-refractivity contribution in [1.29, 1.82) is 0 Å². The minimum absolute atomic E-state index is 0.105. The Morgan fingerprint density at radius 2 is 2.36 bits per heavy atom. The van der Waals surface area contributed by atoms with Crippen LogP contribution in [0.2, 0.25) is 0 Å². The molecule has 2 N–H and O–H groups in total. The van der Waals surface area contributed by atoms with Gasteiger partial charge in [0, 0.05) is 0 Å². The second kappa shape index (κ2) is 5.85. The zero-order valence-corrected chi connectivity index (χ0v) is 6.58. The summed E-state index contributed by atoms with van der Waals surface area (Å²) in [5, 5.41) is 0. The fourth-order valence-electron chi connectivity index (χ4n) is 0.677. The molecule has 0 aromatic rings. The number of rotatable bonds is 5. The molecule has 64 valence electrons. The molecular weight excluding hydrogens is 146 g/mol. The molecule has 0 saturated carbocycles. The molecule has 0 heterocycles. The predicted octanol–water partition coefficient (Wildman–Crippen LogP) is 0.203. The molecule has 0 aliphatic carbocycles. The Morgan fingerprint density at radius 3 is 2.82 bits per heavy atom. The van der Waals surface area contributed by atoms with Gasteiger partial charge in [-0.1, -0.05) is 19.8 Å². The summed E-state index contributed by atoms with van der Waals surface area (Å²) in [6.45, 7) is 2.10. The van der Waals surface area contributed by atoms with Crippen LogP contribution < -0.4 is 5.73 Å². The van der Waals surface area contributed by atoms with Crippen molar-refractivity contribution in [2.75, 3.05) is 0 Å². The Labute approximate surface area is 65.7 Å². The first-order valence-electron chi connectivity index (χ1n) is 3.62. The third-order valence-electron chi connectivity index (χ3n) is 1.34. The molecule has 1 atom stereocenters. The monoisotopic (exact) mass is 159 g/mol. The fourth-order valence-corrected chi connectivity index (χ4v) is 0.677. The molecule has 0 fully saturated rings. The first kappa shape index (κ1) is 10.1. The van der Waals surface area contributed by atoms with Crippen LogP contribution in [0.3, 0.4) is 0 Å². The number of carbonyl (C=O) groups excluding carboxylic acids is 2. The number of hydrogen-bond donors (Lipinski definition) is 1. The van der Waals surface area contributed by atoms with E-state index in [4.69, 9.17) is 5.73 Å². The Morgan fingerprint density at radius 1 is 1.73 bits per heavy atom. The van der Waals surface area contributed by atoms with E-state index >= 15 is 0 Å². The van der Waals surface area contributed by atoms with Gasteiger partial charge in [0.1, 0.15) is 6.04 Å². The van der Waals surface area contributed by atoms with Gasteiger partial charge in [-0.3, -0.25) is 4.79 Å². The zero-order chi connectivity index (χ0) is 8.69. The molecule has 0 spiro atoms. The molecule has 0 radical (unpaired) electrons. The van der Waals surface area contributed by atoms with E-state index in [0.29, 0.717) is 6.42 Å². The average Bonchev–Trinajstić information content (AvgIpc) is 2.00. The molecule has 11 heavy (non-hydrogen) atoms. The molecule has 4 heteroatoms. The summed E-state index contributed by atoms with van der Waals surface area (Å²) in [5.41, 5.74) is 5.36. The molecule has 0 aliphatic heterocycles. The Kier molecular flexibility index (Phi) is 5.37. The third kappa shape index (κ3) is 4.50. The van der Waals surface area contributed by atoms with Crippen molar-refractivity contribution in [3.8, 4) is 0 Å². The molecule has 4 nitrogen and oxygen atoms in total. The SMILES string of the molecule is CCCC[C@H](N)C(=O)OC=O. The highest BCUT2D eigenvalue weighted by Crippen LogP contribution is 1.98. The summed E-state index contributed by atoms with van der Waals surface area (Å²) < 4.78 is 4.06. The van der Waals surface area contributed by atoms with E-state index in [0.717, 1.165) is 12.8 Å².